The number of aromatic nitrogens is 2. The van der Waals surface area contributed by atoms with Gasteiger partial charge in [-0.15, -0.1) is 0 Å². The summed E-state index contributed by atoms with van der Waals surface area (Å²) >= 11 is 0. The summed E-state index contributed by atoms with van der Waals surface area (Å²) in [5, 5.41) is 4.41. The Bertz CT molecular complexity index is 911. The summed E-state index contributed by atoms with van der Waals surface area (Å²) in [6, 6.07) is 1.19. The molecule has 1 N–H and O–H groups in total. The normalized spacial score (nSPS) is 15.5. The predicted octanol–water partition coefficient (Wildman–Crippen LogP) is 1.26. The third kappa shape index (κ3) is 3.93. The second kappa shape index (κ2) is 8.13. The summed E-state index contributed by atoms with van der Waals surface area (Å²) in [5.74, 6) is 0.766. The maximum atomic E-state index is 12.3. The topological polar surface area (TPSA) is 110 Å². The molecule has 0 unspecified atom stereocenters. The first-order valence-electron chi connectivity index (χ1n) is 8.76. The van der Waals surface area contributed by atoms with Crippen LogP contribution in [0.25, 0.3) is 11.1 Å². The number of nitrogens with zero attached hydrogens (tertiary/aromatic N) is 3. The van der Waals surface area contributed by atoms with Crippen LogP contribution < -0.4 is 16.0 Å². The number of morpholine rings is 1. The minimum atomic E-state index is -0.554. The molecule has 0 aromatic carbocycles. The van der Waals surface area contributed by atoms with Crippen LogP contribution in [0.1, 0.15) is 32.3 Å². The largest absolute Gasteiger partial charge is 0.403 e. The van der Waals surface area contributed by atoms with Crippen molar-refractivity contribution in [1.29, 1.82) is 0 Å². The summed E-state index contributed by atoms with van der Waals surface area (Å²) < 4.78 is 10.4. The fraction of sp³-hybridized carbons (Fsp3) is 0.529. The van der Waals surface area contributed by atoms with Gasteiger partial charge in [0.15, 0.2) is 0 Å². The first kappa shape index (κ1) is 18.1. The van der Waals surface area contributed by atoms with Crippen LogP contribution in [-0.4, -0.2) is 47.0 Å². The Balaban J connectivity index is 1.92. The SMILES string of the molecule is CCCC(=NOc1nc2oc(=O)cc(CC)c2c(=O)[nH]1)N1CCOCC1. The molecular weight excluding hydrogens is 340 g/mol. The number of hydrogen-bond acceptors (Lipinski definition) is 7. The lowest BCUT2D eigenvalue weighted by atomic mass is 10.1. The number of H-pyrrole nitrogens is 1. The Hall–Kier alpha value is -2.68. The quantitative estimate of drug-likeness (QED) is 0.484. The Kier molecular flexibility index (Phi) is 5.67. The highest BCUT2D eigenvalue weighted by molar-refractivity contribution is 5.82. The van der Waals surface area contributed by atoms with E-state index in [1.807, 2.05) is 13.8 Å². The lowest BCUT2D eigenvalue weighted by Crippen LogP contribution is -2.41. The van der Waals surface area contributed by atoms with Gasteiger partial charge in [-0.05, 0) is 18.4 Å². The molecule has 1 fully saturated rings. The van der Waals surface area contributed by atoms with E-state index in [1.54, 1.807) is 0 Å². The molecular formula is C17H22N4O5. The van der Waals surface area contributed by atoms with Gasteiger partial charge in [-0.25, -0.2) is 4.79 Å². The second-order valence-corrected chi connectivity index (χ2v) is 5.94. The van der Waals surface area contributed by atoms with Crippen molar-refractivity contribution in [2.24, 2.45) is 5.16 Å². The molecule has 140 valence electrons. The molecule has 0 amide bonds. The van der Waals surface area contributed by atoms with Crippen LogP contribution in [0.3, 0.4) is 0 Å². The van der Waals surface area contributed by atoms with Crippen LogP contribution in [-0.2, 0) is 11.2 Å². The summed E-state index contributed by atoms with van der Waals surface area (Å²) in [7, 11) is 0. The zero-order valence-corrected chi connectivity index (χ0v) is 14.9. The van der Waals surface area contributed by atoms with E-state index in [0.29, 0.717) is 25.2 Å². The Morgan fingerprint density at radius 2 is 2.12 bits per heavy atom. The number of oxime groups is 1. The van der Waals surface area contributed by atoms with E-state index < -0.39 is 11.2 Å². The molecule has 0 bridgehead atoms. The van der Waals surface area contributed by atoms with Gasteiger partial charge in [0.25, 0.3) is 5.56 Å². The van der Waals surface area contributed by atoms with Crippen LogP contribution >= 0.6 is 0 Å². The van der Waals surface area contributed by atoms with E-state index in [-0.39, 0.29) is 17.1 Å². The molecule has 2 aromatic heterocycles. The number of aromatic amines is 1. The van der Waals surface area contributed by atoms with Crippen LogP contribution in [0.5, 0.6) is 6.01 Å². The molecule has 0 aliphatic carbocycles. The van der Waals surface area contributed by atoms with E-state index >= 15 is 0 Å². The van der Waals surface area contributed by atoms with Crippen molar-refractivity contribution in [3.63, 3.8) is 0 Å². The number of amidine groups is 1. The van der Waals surface area contributed by atoms with Gasteiger partial charge in [0.05, 0.1) is 13.2 Å². The summed E-state index contributed by atoms with van der Waals surface area (Å²) in [4.78, 5) is 38.1. The molecule has 0 saturated carbocycles. The first-order chi connectivity index (χ1) is 12.6. The zero-order chi connectivity index (χ0) is 18.5. The Morgan fingerprint density at radius 1 is 1.35 bits per heavy atom. The molecule has 26 heavy (non-hydrogen) atoms. The van der Waals surface area contributed by atoms with Gasteiger partial charge in [0, 0.05) is 25.6 Å². The van der Waals surface area contributed by atoms with Gasteiger partial charge in [-0.1, -0.05) is 19.0 Å². The molecule has 1 aliphatic rings. The molecule has 9 heteroatoms. The van der Waals surface area contributed by atoms with E-state index in [0.717, 1.165) is 31.8 Å². The smallest absolute Gasteiger partial charge is 0.337 e. The molecule has 3 heterocycles. The third-order valence-corrected chi connectivity index (χ3v) is 4.14. The van der Waals surface area contributed by atoms with E-state index in [2.05, 4.69) is 20.0 Å². The first-order valence-corrected chi connectivity index (χ1v) is 8.76. The second-order valence-electron chi connectivity index (χ2n) is 5.94. The zero-order valence-electron chi connectivity index (χ0n) is 14.9. The molecule has 2 aromatic rings. The van der Waals surface area contributed by atoms with Crippen molar-refractivity contribution >= 4 is 16.9 Å². The molecule has 3 rings (SSSR count). The standard InChI is InChI=1S/C17H22N4O5/c1-3-5-12(21-6-8-24-9-7-21)20-26-17-18-15(23)14-11(4-2)10-13(22)25-16(14)19-17/h10H,3-9H2,1-2H3,(H,18,19,23). The number of hydrogen-bond donors (Lipinski definition) is 1. The number of ether oxygens (including phenoxy) is 1. The predicted molar refractivity (Wildman–Crippen MR) is 95.6 cm³/mol. The van der Waals surface area contributed by atoms with Crippen molar-refractivity contribution in [3.8, 4) is 6.01 Å². The molecule has 0 spiro atoms. The molecule has 1 aliphatic heterocycles. The Morgan fingerprint density at radius 3 is 2.81 bits per heavy atom. The van der Waals surface area contributed by atoms with Crippen LogP contribution in [0.2, 0.25) is 0 Å². The molecule has 9 nitrogen and oxygen atoms in total. The molecule has 0 radical (unpaired) electrons. The van der Waals surface area contributed by atoms with E-state index in [9.17, 15) is 9.59 Å². The van der Waals surface area contributed by atoms with Gasteiger partial charge < -0.3 is 18.9 Å². The summed E-state index contributed by atoms with van der Waals surface area (Å²) in [5.41, 5.74) is -0.446. The van der Waals surface area contributed by atoms with Gasteiger partial charge in [0.2, 0.25) is 5.71 Å². The monoisotopic (exact) mass is 362 g/mol. The Labute approximate surface area is 149 Å². The number of nitrogens with one attached hydrogen (secondary N) is 1. The van der Waals surface area contributed by atoms with Crippen molar-refractivity contribution in [1.82, 2.24) is 14.9 Å². The minimum Gasteiger partial charge on any atom is -0.403 e. The van der Waals surface area contributed by atoms with Crippen molar-refractivity contribution < 1.29 is 14.0 Å². The average Bonchev–Trinajstić information content (AvgIpc) is 2.64. The number of fused-ring (bicyclic) bond motifs is 1. The van der Waals surface area contributed by atoms with Crippen LogP contribution in [0.4, 0.5) is 0 Å². The van der Waals surface area contributed by atoms with Crippen LogP contribution in [0.15, 0.2) is 25.2 Å². The maximum absolute atomic E-state index is 12.3. The fourth-order valence-corrected chi connectivity index (χ4v) is 2.85. The highest BCUT2D eigenvalue weighted by Crippen LogP contribution is 2.14. The summed E-state index contributed by atoms with van der Waals surface area (Å²) in [6.07, 6.45) is 2.14. The fourth-order valence-electron chi connectivity index (χ4n) is 2.85. The summed E-state index contributed by atoms with van der Waals surface area (Å²) in [6.45, 7) is 6.64. The van der Waals surface area contributed by atoms with Crippen molar-refractivity contribution in [2.75, 3.05) is 26.3 Å². The molecule has 0 atom stereocenters. The van der Waals surface area contributed by atoms with E-state index in [4.69, 9.17) is 14.0 Å². The van der Waals surface area contributed by atoms with Crippen molar-refractivity contribution in [3.05, 3.63) is 32.4 Å². The lowest BCUT2D eigenvalue weighted by Gasteiger charge is -2.29. The lowest BCUT2D eigenvalue weighted by molar-refractivity contribution is 0.0657. The van der Waals surface area contributed by atoms with Gasteiger partial charge in [-0.2, -0.15) is 4.98 Å². The average molecular weight is 362 g/mol. The highest BCUT2D eigenvalue weighted by atomic mass is 16.6. The van der Waals surface area contributed by atoms with Gasteiger partial charge in [0.1, 0.15) is 11.2 Å². The van der Waals surface area contributed by atoms with Gasteiger partial charge in [-0.3, -0.25) is 9.78 Å². The molecule has 1 saturated heterocycles. The van der Waals surface area contributed by atoms with E-state index in [1.165, 1.54) is 6.07 Å². The van der Waals surface area contributed by atoms with Crippen LogP contribution in [0, 0.1) is 0 Å². The highest BCUT2D eigenvalue weighted by Gasteiger charge is 2.16. The maximum Gasteiger partial charge on any atom is 0.337 e. The van der Waals surface area contributed by atoms with Gasteiger partial charge >= 0.3 is 11.6 Å². The minimum absolute atomic E-state index is 0.0493. The van der Waals surface area contributed by atoms with Crippen molar-refractivity contribution in [2.45, 2.75) is 33.1 Å². The third-order valence-electron chi connectivity index (χ3n) is 4.14. The number of rotatable bonds is 5. The number of aryl methyl sites for hydroxylation is 1.